The van der Waals surface area contributed by atoms with E-state index in [2.05, 4.69) is 71.4 Å². The maximum atomic E-state index is 13.4. The third kappa shape index (κ3) is 11.8. The molecule has 6 N–H and O–H groups in total. The SMILES string of the molecule is CCCN1CC2CC1CN2c1ccc(C)c(C(=O)N[C@H](C)c2cc(OC)cc(/C(C=NC)=C/N)c2)c1.CN=C/C(=C\N)c1cc(OC)cc([C@@H](C)NC(=O)c2cc(N3CC4[C@@H]3CN4CCOC)ccc2C)c1.[HH].[HH]. The summed E-state index contributed by atoms with van der Waals surface area (Å²) in [5.41, 5.74) is 22.4. The Morgan fingerprint density at radius 3 is 1.62 bits per heavy atom. The van der Waals surface area contributed by atoms with Crippen LogP contribution in [0, 0.1) is 13.8 Å². The minimum absolute atomic E-state index is 0. The van der Waals surface area contributed by atoms with Crippen molar-refractivity contribution in [1.82, 2.24) is 20.4 Å². The van der Waals surface area contributed by atoms with Crippen LogP contribution in [0.15, 0.2) is 95.2 Å². The van der Waals surface area contributed by atoms with Gasteiger partial charge in [0.15, 0.2) is 0 Å². The molecule has 388 valence electrons. The predicted molar refractivity (Wildman–Crippen MR) is 297 cm³/mol. The first-order valence-electron chi connectivity index (χ1n) is 25.2. The molecule has 0 radical (unpaired) electrons. The molecule has 4 aliphatic rings. The first-order chi connectivity index (χ1) is 34.8. The van der Waals surface area contributed by atoms with E-state index in [0.717, 1.165) is 101 Å². The van der Waals surface area contributed by atoms with E-state index < -0.39 is 0 Å². The molecule has 0 aliphatic carbocycles. The van der Waals surface area contributed by atoms with E-state index in [1.54, 1.807) is 47.9 Å². The van der Waals surface area contributed by atoms with Crippen LogP contribution in [0.25, 0.3) is 11.1 Å². The number of carbonyl (C=O) groups is 2. The van der Waals surface area contributed by atoms with Gasteiger partial charge in [0.2, 0.25) is 0 Å². The van der Waals surface area contributed by atoms with Crippen molar-refractivity contribution in [1.29, 1.82) is 0 Å². The number of benzene rings is 4. The number of hydrogen-bond acceptors (Lipinski definition) is 13. The number of aryl methyl sites for hydroxylation is 2. The van der Waals surface area contributed by atoms with Crippen LogP contribution >= 0.6 is 0 Å². The molecule has 4 aromatic rings. The van der Waals surface area contributed by atoms with Crippen LogP contribution in [0.5, 0.6) is 11.5 Å². The van der Waals surface area contributed by atoms with E-state index in [4.69, 9.17) is 25.7 Å². The van der Waals surface area contributed by atoms with E-state index in [1.807, 2.05) is 76.2 Å². The van der Waals surface area contributed by atoms with Crippen molar-refractivity contribution in [2.45, 2.75) is 83.7 Å². The largest absolute Gasteiger partial charge is 0.497 e. The Morgan fingerprint density at radius 1 is 0.681 bits per heavy atom. The number of allylic oxidation sites excluding steroid dienone is 2. The van der Waals surface area contributed by atoms with E-state index in [1.165, 1.54) is 31.8 Å². The molecular weight excluding hydrogens is 905 g/mol. The van der Waals surface area contributed by atoms with Crippen LogP contribution < -0.4 is 41.4 Å². The maximum absolute atomic E-state index is 13.4. The van der Waals surface area contributed by atoms with Gasteiger partial charge in [0, 0.05) is 133 Å². The minimum atomic E-state index is -0.235. The number of amides is 2. The summed E-state index contributed by atoms with van der Waals surface area (Å²) < 4.78 is 16.2. The van der Waals surface area contributed by atoms with Crippen LogP contribution in [0.2, 0.25) is 0 Å². The molecule has 15 nitrogen and oxygen atoms in total. The lowest BCUT2D eigenvalue weighted by Crippen LogP contribution is -2.79. The molecular formula is C57H80N10O5. The van der Waals surface area contributed by atoms with Gasteiger partial charge in [-0.2, -0.15) is 0 Å². The fourth-order valence-corrected chi connectivity index (χ4v) is 10.5. The molecule has 0 saturated carbocycles. The summed E-state index contributed by atoms with van der Waals surface area (Å²) in [4.78, 5) is 44.9. The summed E-state index contributed by atoms with van der Waals surface area (Å²) in [5, 5.41) is 6.36. The zero-order valence-electron chi connectivity index (χ0n) is 43.9. The number of nitrogens with two attached hydrogens (primary N) is 2. The van der Waals surface area contributed by atoms with Crippen molar-refractivity contribution < 1.29 is 26.7 Å². The molecule has 4 aromatic carbocycles. The van der Waals surface area contributed by atoms with Crippen molar-refractivity contribution in [3.05, 3.63) is 130 Å². The summed E-state index contributed by atoms with van der Waals surface area (Å²) in [7, 11) is 8.41. The lowest BCUT2D eigenvalue weighted by atomic mass is 9.84. The van der Waals surface area contributed by atoms with E-state index in [9.17, 15) is 9.59 Å². The van der Waals surface area contributed by atoms with Crippen molar-refractivity contribution >= 4 is 46.8 Å². The molecule has 2 bridgehead atoms. The number of fused-ring (bicyclic) bond motifs is 3. The third-order valence-electron chi connectivity index (χ3n) is 14.7. The van der Waals surface area contributed by atoms with Crippen molar-refractivity contribution in [3.63, 3.8) is 0 Å². The lowest BCUT2D eigenvalue weighted by molar-refractivity contribution is -0.00581. The topological polar surface area (TPSA) is 176 Å². The highest BCUT2D eigenvalue weighted by Gasteiger charge is 2.51. The van der Waals surface area contributed by atoms with Gasteiger partial charge in [0.05, 0.1) is 39.0 Å². The molecule has 4 saturated heterocycles. The molecule has 72 heavy (non-hydrogen) atoms. The van der Waals surface area contributed by atoms with Gasteiger partial charge in [-0.3, -0.25) is 29.4 Å². The quantitative estimate of drug-likeness (QED) is 0.0679. The third-order valence-corrected chi connectivity index (χ3v) is 14.7. The van der Waals surface area contributed by atoms with Crippen LogP contribution in [0.4, 0.5) is 11.4 Å². The van der Waals surface area contributed by atoms with E-state index >= 15 is 0 Å². The van der Waals surface area contributed by atoms with Crippen LogP contribution in [0.3, 0.4) is 0 Å². The van der Waals surface area contributed by atoms with Gasteiger partial charge >= 0.3 is 0 Å². The van der Waals surface area contributed by atoms with Gasteiger partial charge in [-0.05, 0) is 141 Å². The first kappa shape index (κ1) is 53.1. The molecule has 0 spiro atoms. The van der Waals surface area contributed by atoms with Gasteiger partial charge in [0.25, 0.3) is 11.8 Å². The summed E-state index contributed by atoms with van der Waals surface area (Å²) in [6.07, 6.45) is 8.87. The second-order valence-corrected chi connectivity index (χ2v) is 19.4. The lowest BCUT2D eigenvalue weighted by Gasteiger charge is -2.63. The monoisotopic (exact) mass is 985 g/mol. The number of anilines is 2. The number of carbonyl (C=O) groups excluding carboxylic acids is 2. The number of nitrogens with one attached hydrogen (secondary N) is 2. The summed E-state index contributed by atoms with van der Waals surface area (Å²) in [6.45, 7) is 17.3. The molecule has 4 fully saturated rings. The predicted octanol–water partition coefficient (Wildman–Crippen LogP) is 7.67. The van der Waals surface area contributed by atoms with Gasteiger partial charge < -0.3 is 46.1 Å². The number of aliphatic imine (C=N–C) groups is 2. The maximum Gasteiger partial charge on any atom is 0.252 e. The summed E-state index contributed by atoms with van der Waals surface area (Å²) in [5.74, 6) is 1.22. The number of hydrogen-bond donors (Lipinski definition) is 4. The second-order valence-electron chi connectivity index (χ2n) is 19.4. The number of piperazine rings is 2. The summed E-state index contributed by atoms with van der Waals surface area (Å²) >= 11 is 0. The zero-order chi connectivity index (χ0) is 51.6. The Labute approximate surface area is 429 Å². The Bertz CT molecular complexity index is 2700. The molecule has 8 rings (SSSR count). The van der Waals surface area contributed by atoms with Crippen molar-refractivity contribution in [2.24, 2.45) is 21.5 Å². The standard InChI is InChI=1S/C29H39N5O2.C28H37N5O3.2H2/c1-6-9-33-17-26-13-25(33)18-34(26)24-8-7-19(2)28(14-24)29(35)32-20(3)21-10-22(12-27(11-21)36-5)23(15-30)16-31-4;1-18-6-7-23(33-17-26-27(33)16-32(26)8-9-35-4)13-25(18)28(34)31-19(2)20-10-21(12-24(11-20)36-5)22(14-29)15-30-3;;/h7-8,10-12,14-16,20,25-26H,6,9,13,17-18,30H2,1-5H3,(H,32,35);6-7,10-15,19,26-27H,8-9,16-17,29H2,1-5H3,(H,31,34);2*1H/b23-15+,31-16?;22-14+,30-15?;;/t20-,25?,26?;19-,26?,27+;;/m11../s1. The molecule has 3 unspecified atom stereocenters. The summed E-state index contributed by atoms with van der Waals surface area (Å²) in [6, 6.07) is 26.0. The normalized spacial score (nSPS) is 20.6. The highest BCUT2D eigenvalue weighted by molar-refractivity contribution is 6.10. The molecule has 4 aliphatic heterocycles. The highest BCUT2D eigenvalue weighted by atomic mass is 16.5. The molecule has 0 aromatic heterocycles. The number of methoxy groups -OCH3 is 3. The van der Waals surface area contributed by atoms with E-state index in [0.29, 0.717) is 41.2 Å². The fourth-order valence-electron chi connectivity index (χ4n) is 10.5. The average Bonchev–Trinajstić information content (AvgIpc) is 3.99. The van der Waals surface area contributed by atoms with Crippen LogP contribution in [-0.2, 0) is 4.74 Å². The Morgan fingerprint density at radius 2 is 1.21 bits per heavy atom. The zero-order valence-corrected chi connectivity index (χ0v) is 43.9. The molecule has 15 heteroatoms. The number of ether oxygens (including phenoxy) is 3. The molecule has 4 heterocycles. The van der Waals surface area contributed by atoms with Crippen molar-refractivity contribution in [2.75, 3.05) is 91.1 Å². The van der Waals surface area contributed by atoms with Crippen LogP contribution in [0.1, 0.15) is 103 Å². The number of nitrogens with zero attached hydrogens (tertiary/aromatic N) is 6. The van der Waals surface area contributed by atoms with Gasteiger partial charge in [0.1, 0.15) is 11.5 Å². The highest BCUT2D eigenvalue weighted by Crippen LogP contribution is 2.39. The first-order valence-corrected chi connectivity index (χ1v) is 25.2. The van der Waals surface area contributed by atoms with Gasteiger partial charge in [-0.15, -0.1) is 0 Å². The van der Waals surface area contributed by atoms with E-state index in [-0.39, 0.29) is 26.8 Å². The number of likely N-dealkylation sites (tertiary alicyclic amines) is 2. The fraction of sp³-hybridized carbons (Fsp3) is 0.439. The molecule has 6 atom stereocenters. The second kappa shape index (κ2) is 24.2. The Balaban J connectivity index is 0.000000267. The Hall–Kier alpha value is -6.68. The average molecular weight is 985 g/mol. The minimum Gasteiger partial charge on any atom is -0.497 e. The number of rotatable bonds is 19. The van der Waals surface area contributed by atoms with Gasteiger partial charge in [-0.1, -0.05) is 19.1 Å². The van der Waals surface area contributed by atoms with Crippen LogP contribution in [-0.4, -0.2) is 140 Å². The molecule has 2 amide bonds. The smallest absolute Gasteiger partial charge is 0.252 e. The Kier molecular flexibility index (Phi) is 17.8. The van der Waals surface area contributed by atoms with Crippen molar-refractivity contribution in [3.8, 4) is 11.5 Å². The van der Waals surface area contributed by atoms with Gasteiger partial charge in [-0.25, -0.2) is 0 Å².